The number of benzene rings is 2. The van der Waals surface area contributed by atoms with Crippen molar-refractivity contribution in [1.82, 2.24) is 0 Å². The highest BCUT2D eigenvalue weighted by atomic mass is 16.2. The maximum absolute atomic E-state index is 12.4. The SMILES string of the molecule is CCN(C(=O)C(=O)Nc1cccc(C)c1)c1cccc(C)c1. The van der Waals surface area contributed by atoms with Crippen LogP contribution in [0, 0.1) is 13.8 Å². The molecule has 2 rings (SSSR count). The number of aryl methyl sites for hydroxylation is 2. The largest absolute Gasteiger partial charge is 0.318 e. The molecule has 0 atom stereocenters. The van der Waals surface area contributed by atoms with E-state index in [1.165, 1.54) is 4.90 Å². The Balaban J connectivity index is 2.16. The zero-order valence-electron chi connectivity index (χ0n) is 13.1. The summed E-state index contributed by atoms with van der Waals surface area (Å²) in [4.78, 5) is 26.0. The third kappa shape index (κ3) is 3.73. The van der Waals surface area contributed by atoms with Gasteiger partial charge in [0.05, 0.1) is 0 Å². The fourth-order valence-corrected chi connectivity index (χ4v) is 2.27. The van der Waals surface area contributed by atoms with Gasteiger partial charge in [0, 0.05) is 17.9 Å². The van der Waals surface area contributed by atoms with Crippen LogP contribution in [0.2, 0.25) is 0 Å². The maximum Gasteiger partial charge on any atom is 0.316 e. The number of hydrogen-bond acceptors (Lipinski definition) is 2. The van der Waals surface area contributed by atoms with E-state index in [0.717, 1.165) is 16.8 Å². The summed E-state index contributed by atoms with van der Waals surface area (Å²) < 4.78 is 0. The number of amides is 2. The number of likely N-dealkylation sites (N-methyl/N-ethyl adjacent to an activating group) is 1. The molecule has 0 bridgehead atoms. The zero-order valence-corrected chi connectivity index (χ0v) is 13.1. The number of carbonyl (C=O) groups is 2. The van der Waals surface area contributed by atoms with Crippen molar-refractivity contribution in [3.63, 3.8) is 0 Å². The lowest BCUT2D eigenvalue weighted by Crippen LogP contribution is -2.39. The monoisotopic (exact) mass is 296 g/mol. The summed E-state index contributed by atoms with van der Waals surface area (Å²) in [5.74, 6) is -1.19. The number of anilines is 2. The van der Waals surface area contributed by atoms with Gasteiger partial charge in [-0.05, 0) is 56.2 Å². The Morgan fingerprint density at radius 3 is 2.23 bits per heavy atom. The van der Waals surface area contributed by atoms with Gasteiger partial charge < -0.3 is 10.2 Å². The molecule has 0 heterocycles. The maximum atomic E-state index is 12.4. The summed E-state index contributed by atoms with van der Waals surface area (Å²) in [6.07, 6.45) is 0. The lowest BCUT2D eigenvalue weighted by atomic mass is 10.2. The van der Waals surface area contributed by atoms with Crippen LogP contribution >= 0.6 is 0 Å². The van der Waals surface area contributed by atoms with Crippen LogP contribution in [0.4, 0.5) is 11.4 Å². The molecule has 4 nitrogen and oxygen atoms in total. The van der Waals surface area contributed by atoms with Gasteiger partial charge in [-0.15, -0.1) is 0 Å². The van der Waals surface area contributed by atoms with Crippen molar-refractivity contribution >= 4 is 23.2 Å². The Morgan fingerprint density at radius 2 is 1.64 bits per heavy atom. The molecule has 0 spiro atoms. The van der Waals surface area contributed by atoms with Gasteiger partial charge in [0.2, 0.25) is 0 Å². The lowest BCUT2D eigenvalue weighted by molar-refractivity contribution is -0.134. The van der Waals surface area contributed by atoms with E-state index >= 15 is 0 Å². The van der Waals surface area contributed by atoms with Gasteiger partial charge in [0.15, 0.2) is 0 Å². The lowest BCUT2D eigenvalue weighted by Gasteiger charge is -2.20. The molecule has 22 heavy (non-hydrogen) atoms. The van der Waals surface area contributed by atoms with Gasteiger partial charge in [0.1, 0.15) is 0 Å². The zero-order chi connectivity index (χ0) is 16.1. The average molecular weight is 296 g/mol. The highest BCUT2D eigenvalue weighted by Crippen LogP contribution is 2.17. The van der Waals surface area contributed by atoms with Crippen molar-refractivity contribution in [3.8, 4) is 0 Å². The Morgan fingerprint density at radius 1 is 1.00 bits per heavy atom. The highest BCUT2D eigenvalue weighted by molar-refractivity contribution is 6.44. The van der Waals surface area contributed by atoms with Gasteiger partial charge in [-0.1, -0.05) is 24.3 Å². The van der Waals surface area contributed by atoms with Crippen LogP contribution in [0.15, 0.2) is 48.5 Å². The van der Waals surface area contributed by atoms with Crippen molar-refractivity contribution in [2.75, 3.05) is 16.8 Å². The Bertz CT molecular complexity index is 695. The second-order valence-electron chi connectivity index (χ2n) is 5.21. The summed E-state index contributed by atoms with van der Waals surface area (Å²) in [5, 5.41) is 2.65. The van der Waals surface area contributed by atoms with Crippen LogP contribution in [0.3, 0.4) is 0 Å². The van der Waals surface area contributed by atoms with Gasteiger partial charge in [0.25, 0.3) is 0 Å². The Kier molecular flexibility index (Phi) is 4.94. The third-order valence-corrected chi connectivity index (χ3v) is 3.34. The van der Waals surface area contributed by atoms with E-state index in [9.17, 15) is 9.59 Å². The quantitative estimate of drug-likeness (QED) is 0.884. The molecule has 2 aromatic rings. The topological polar surface area (TPSA) is 49.4 Å². The molecular weight excluding hydrogens is 276 g/mol. The summed E-state index contributed by atoms with van der Waals surface area (Å²) in [5.41, 5.74) is 3.42. The first-order chi connectivity index (χ1) is 10.5. The number of nitrogens with one attached hydrogen (secondary N) is 1. The molecule has 0 aromatic heterocycles. The van der Waals surface area contributed by atoms with E-state index in [1.54, 1.807) is 6.07 Å². The minimum absolute atomic E-state index is 0.434. The van der Waals surface area contributed by atoms with E-state index < -0.39 is 11.8 Å². The summed E-state index contributed by atoms with van der Waals surface area (Å²) in [6, 6.07) is 14.9. The average Bonchev–Trinajstić information content (AvgIpc) is 2.48. The molecule has 2 amide bonds. The molecule has 0 aliphatic rings. The van der Waals surface area contributed by atoms with Crippen LogP contribution < -0.4 is 10.2 Å². The number of rotatable bonds is 3. The third-order valence-electron chi connectivity index (χ3n) is 3.34. The molecule has 0 saturated carbocycles. The van der Waals surface area contributed by atoms with Gasteiger partial charge in [-0.3, -0.25) is 9.59 Å². The van der Waals surface area contributed by atoms with Gasteiger partial charge in [-0.2, -0.15) is 0 Å². The Labute approximate surface area is 130 Å². The molecule has 0 radical (unpaired) electrons. The first kappa shape index (κ1) is 15.8. The molecule has 4 heteroatoms. The molecule has 0 fully saturated rings. The molecule has 114 valence electrons. The Hall–Kier alpha value is -2.62. The smallest absolute Gasteiger partial charge is 0.316 e. The van der Waals surface area contributed by atoms with E-state index in [-0.39, 0.29) is 0 Å². The van der Waals surface area contributed by atoms with E-state index in [2.05, 4.69) is 5.32 Å². The van der Waals surface area contributed by atoms with Gasteiger partial charge in [-0.25, -0.2) is 0 Å². The first-order valence-corrected chi connectivity index (χ1v) is 7.27. The minimum atomic E-state index is -0.631. The van der Waals surface area contributed by atoms with Crippen LogP contribution in [0.1, 0.15) is 18.1 Å². The van der Waals surface area contributed by atoms with E-state index in [4.69, 9.17) is 0 Å². The second kappa shape index (κ2) is 6.89. The molecule has 2 aromatic carbocycles. The fourth-order valence-electron chi connectivity index (χ4n) is 2.27. The van der Waals surface area contributed by atoms with Crippen molar-refractivity contribution < 1.29 is 9.59 Å². The van der Waals surface area contributed by atoms with Crippen molar-refractivity contribution in [1.29, 1.82) is 0 Å². The molecule has 0 aliphatic carbocycles. The van der Waals surface area contributed by atoms with Crippen LogP contribution in [0.25, 0.3) is 0 Å². The predicted octanol–water partition coefficient (Wildman–Crippen LogP) is 3.30. The van der Waals surface area contributed by atoms with Gasteiger partial charge >= 0.3 is 11.8 Å². The van der Waals surface area contributed by atoms with Crippen LogP contribution in [-0.2, 0) is 9.59 Å². The second-order valence-corrected chi connectivity index (χ2v) is 5.21. The summed E-state index contributed by atoms with van der Waals surface area (Å²) in [7, 11) is 0. The molecular formula is C18H20N2O2. The normalized spacial score (nSPS) is 10.1. The van der Waals surface area contributed by atoms with E-state index in [1.807, 2.05) is 63.2 Å². The molecule has 0 aliphatic heterocycles. The van der Waals surface area contributed by atoms with E-state index in [0.29, 0.717) is 12.2 Å². The summed E-state index contributed by atoms with van der Waals surface area (Å²) in [6.45, 7) is 6.17. The first-order valence-electron chi connectivity index (χ1n) is 7.27. The fraction of sp³-hybridized carbons (Fsp3) is 0.222. The van der Waals surface area contributed by atoms with Crippen LogP contribution in [-0.4, -0.2) is 18.4 Å². The van der Waals surface area contributed by atoms with Crippen LogP contribution in [0.5, 0.6) is 0 Å². The van der Waals surface area contributed by atoms with Crippen molar-refractivity contribution in [3.05, 3.63) is 59.7 Å². The summed E-state index contributed by atoms with van der Waals surface area (Å²) >= 11 is 0. The number of nitrogens with zero attached hydrogens (tertiary/aromatic N) is 1. The molecule has 0 saturated heterocycles. The van der Waals surface area contributed by atoms with Crippen molar-refractivity contribution in [2.24, 2.45) is 0 Å². The molecule has 1 N–H and O–H groups in total. The van der Waals surface area contributed by atoms with Crippen molar-refractivity contribution in [2.45, 2.75) is 20.8 Å². The predicted molar refractivity (Wildman–Crippen MR) is 89.0 cm³/mol. The highest BCUT2D eigenvalue weighted by Gasteiger charge is 2.22. The number of carbonyl (C=O) groups excluding carboxylic acids is 2. The standard InChI is InChI=1S/C18H20N2O2/c1-4-20(16-10-6-8-14(3)12-16)18(22)17(21)19-15-9-5-7-13(2)11-15/h5-12H,4H2,1-3H3,(H,19,21). The number of hydrogen-bond donors (Lipinski definition) is 1. The minimum Gasteiger partial charge on any atom is -0.318 e. The molecule has 0 unspecified atom stereocenters.